The van der Waals surface area contributed by atoms with Crippen molar-refractivity contribution < 1.29 is 4.57 Å². The van der Waals surface area contributed by atoms with Crippen LogP contribution in [-0.4, -0.2) is 18.5 Å². The van der Waals surface area contributed by atoms with E-state index in [2.05, 4.69) is 103 Å². The molecule has 0 aliphatic carbocycles. The van der Waals surface area contributed by atoms with E-state index >= 15 is 0 Å². The van der Waals surface area contributed by atoms with Crippen molar-refractivity contribution in [3.05, 3.63) is 101 Å². The van der Waals surface area contributed by atoms with Crippen molar-refractivity contribution >= 4 is 0 Å². The summed E-state index contributed by atoms with van der Waals surface area (Å²) in [4.78, 5) is 2.48. The first-order valence-corrected chi connectivity index (χ1v) is 9.96. The fourth-order valence-corrected chi connectivity index (χ4v) is 4.24. The largest absolute Gasteiger partial charge is 0.299 e. The summed E-state index contributed by atoms with van der Waals surface area (Å²) in [6, 6.07) is 23.1. The Morgan fingerprint density at radius 2 is 1.48 bits per heavy atom. The molecule has 0 amide bonds. The number of pyridine rings is 1. The zero-order valence-electron chi connectivity index (χ0n) is 16.6. The zero-order chi connectivity index (χ0) is 18.8. The second kappa shape index (κ2) is 7.66. The van der Waals surface area contributed by atoms with E-state index in [1.54, 1.807) is 0 Å². The van der Waals surface area contributed by atoms with Crippen molar-refractivity contribution in [2.24, 2.45) is 0 Å². The number of benzene rings is 2. The average Bonchev–Trinajstić information content (AvgIpc) is 3.11. The van der Waals surface area contributed by atoms with Crippen molar-refractivity contribution in [2.45, 2.75) is 38.8 Å². The van der Waals surface area contributed by atoms with E-state index < -0.39 is 0 Å². The van der Waals surface area contributed by atoms with Gasteiger partial charge in [-0.05, 0) is 46.3 Å². The highest BCUT2D eigenvalue weighted by Crippen LogP contribution is 2.30. The molecule has 1 atom stereocenters. The van der Waals surface area contributed by atoms with Gasteiger partial charge >= 0.3 is 0 Å². The molecule has 2 heterocycles. The van der Waals surface area contributed by atoms with E-state index in [1.165, 1.54) is 47.2 Å². The number of aromatic nitrogens is 1. The van der Waals surface area contributed by atoms with Gasteiger partial charge in [0, 0.05) is 28.8 Å². The van der Waals surface area contributed by atoms with E-state index in [9.17, 15) is 0 Å². The van der Waals surface area contributed by atoms with E-state index in [0.717, 1.165) is 0 Å². The average molecular weight is 358 g/mol. The van der Waals surface area contributed by atoms with Crippen molar-refractivity contribution in [3.8, 4) is 0 Å². The minimum Gasteiger partial charge on any atom is -0.299 e. The molecule has 0 saturated carbocycles. The first-order chi connectivity index (χ1) is 13.1. The molecule has 0 bridgehead atoms. The zero-order valence-corrected chi connectivity index (χ0v) is 16.6. The van der Waals surface area contributed by atoms with Gasteiger partial charge in [-0.1, -0.05) is 59.7 Å². The van der Waals surface area contributed by atoms with Crippen LogP contribution in [0.25, 0.3) is 0 Å². The summed E-state index contributed by atoms with van der Waals surface area (Å²) >= 11 is 0. The number of likely N-dealkylation sites (tertiary alicyclic amines) is 1. The lowest BCUT2D eigenvalue weighted by Crippen LogP contribution is -2.41. The van der Waals surface area contributed by atoms with Crippen LogP contribution >= 0.6 is 0 Å². The highest BCUT2D eigenvalue weighted by atomic mass is 15.1. The summed E-state index contributed by atoms with van der Waals surface area (Å²) in [6.07, 6.45) is 7.11. The molecular weight excluding hydrogens is 328 g/mol. The first-order valence-electron chi connectivity index (χ1n) is 9.96. The highest BCUT2D eigenvalue weighted by Gasteiger charge is 2.28. The molecule has 1 aromatic heterocycles. The Balaban J connectivity index is 1.78. The Hall–Kier alpha value is -2.45. The normalized spacial score (nSPS) is 17.6. The Morgan fingerprint density at radius 3 is 2.00 bits per heavy atom. The molecule has 0 radical (unpaired) electrons. The Bertz CT molecular complexity index is 851. The number of rotatable bonds is 4. The summed E-state index contributed by atoms with van der Waals surface area (Å²) in [7, 11) is 2.24. The topological polar surface area (TPSA) is 7.12 Å². The van der Waals surface area contributed by atoms with Crippen LogP contribution in [0, 0.1) is 13.8 Å². The van der Waals surface area contributed by atoms with Gasteiger partial charge in [-0.2, -0.15) is 4.57 Å². The minimum atomic E-state index is 0.192. The lowest BCUT2D eigenvalue weighted by atomic mass is 9.96. The molecule has 4 rings (SSSR count). The van der Waals surface area contributed by atoms with Gasteiger partial charge in [0.05, 0.1) is 0 Å². The Kier molecular flexibility index (Phi) is 5.09. The van der Waals surface area contributed by atoms with Crippen LogP contribution in [0.4, 0.5) is 0 Å². The van der Waals surface area contributed by atoms with Gasteiger partial charge in [-0.3, -0.25) is 4.90 Å². The van der Waals surface area contributed by atoms with Crippen LogP contribution in [0.5, 0.6) is 0 Å². The van der Waals surface area contributed by atoms with Crippen LogP contribution in [-0.2, 0) is 0 Å². The second-order valence-corrected chi connectivity index (χ2v) is 7.95. The monoisotopic (exact) mass is 357 g/mol. The smallest absolute Gasteiger partial charge is 0.208 e. The van der Waals surface area contributed by atoms with Gasteiger partial charge in [0.15, 0.2) is 12.4 Å². The van der Waals surface area contributed by atoms with Crippen molar-refractivity contribution in [3.63, 3.8) is 0 Å². The van der Waals surface area contributed by atoms with Crippen LogP contribution in [0.3, 0.4) is 0 Å². The van der Waals surface area contributed by atoms with Crippen molar-refractivity contribution in [1.29, 1.82) is 0 Å². The van der Waals surface area contributed by atoms with E-state index in [1.807, 2.05) is 0 Å². The second-order valence-electron chi connectivity index (χ2n) is 7.95. The molecule has 3 aromatic rings. The van der Waals surface area contributed by atoms with Crippen molar-refractivity contribution in [1.82, 2.24) is 4.90 Å². The molecule has 1 saturated heterocycles. The third kappa shape index (κ3) is 3.81. The van der Waals surface area contributed by atoms with Gasteiger partial charge in [-0.15, -0.1) is 0 Å². The lowest BCUT2D eigenvalue weighted by Gasteiger charge is -2.20. The van der Waals surface area contributed by atoms with Gasteiger partial charge in [0.2, 0.25) is 6.04 Å². The summed E-state index contributed by atoms with van der Waals surface area (Å²) in [6.45, 7) is 5.49. The molecular formula is C25H29N2+. The maximum absolute atomic E-state index is 2.48. The number of nitrogens with zero attached hydrogens (tertiary/aromatic N) is 2. The molecule has 2 heteroatoms. The molecule has 1 aliphatic heterocycles. The molecule has 1 aliphatic rings. The first kappa shape index (κ1) is 17.9. The van der Waals surface area contributed by atoms with Crippen LogP contribution in [0.15, 0.2) is 73.1 Å². The van der Waals surface area contributed by atoms with Gasteiger partial charge in [0.25, 0.3) is 0 Å². The summed E-state index contributed by atoms with van der Waals surface area (Å²) in [5, 5.41) is 0. The molecule has 0 unspecified atom stereocenters. The molecule has 1 fully saturated rings. The lowest BCUT2D eigenvalue weighted by molar-refractivity contribution is -0.705. The summed E-state index contributed by atoms with van der Waals surface area (Å²) in [5.41, 5.74) is 6.67. The predicted octanol–water partition coefficient (Wildman–Crippen LogP) is 5.00. The third-order valence-corrected chi connectivity index (χ3v) is 5.83. The molecule has 27 heavy (non-hydrogen) atoms. The molecule has 2 nitrogen and oxygen atoms in total. The number of hydrogen-bond donors (Lipinski definition) is 0. The van der Waals surface area contributed by atoms with E-state index in [0.29, 0.717) is 6.04 Å². The SMILES string of the molecule is Cc1ccc(C(c2ccc(C)cc2)[n+]2cccc([C@@H]3CCCN3C)c2)cc1. The van der Waals surface area contributed by atoms with Crippen LogP contribution in [0.2, 0.25) is 0 Å². The van der Waals surface area contributed by atoms with Crippen molar-refractivity contribution in [2.75, 3.05) is 13.6 Å². The quantitative estimate of drug-likeness (QED) is 0.596. The maximum Gasteiger partial charge on any atom is 0.208 e. The standard InChI is InChI=1S/C25H29N2/c1-19-8-12-21(13-9-19)25(22-14-10-20(2)11-15-22)27-17-4-6-23(18-27)24-7-5-16-26(24)3/h4,6,8-15,17-18,24-25H,5,7,16H2,1-3H3/q+1/t24-/m0/s1. The van der Waals surface area contributed by atoms with Gasteiger partial charge < -0.3 is 0 Å². The fourth-order valence-electron chi connectivity index (χ4n) is 4.24. The molecule has 0 N–H and O–H groups in total. The molecule has 0 spiro atoms. The molecule has 2 aromatic carbocycles. The van der Waals surface area contributed by atoms with Gasteiger partial charge in [-0.25, -0.2) is 0 Å². The maximum atomic E-state index is 2.48. The summed E-state index contributed by atoms with van der Waals surface area (Å²) < 4.78 is 2.39. The number of hydrogen-bond acceptors (Lipinski definition) is 1. The summed E-state index contributed by atoms with van der Waals surface area (Å²) in [5.74, 6) is 0. The van der Waals surface area contributed by atoms with Crippen LogP contribution in [0.1, 0.15) is 52.7 Å². The fraction of sp³-hybridized carbons (Fsp3) is 0.320. The van der Waals surface area contributed by atoms with Gasteiger partial charge in [0.1, 0.15) is 0 Å². The van der Waals surface area contributed by atoms with Crippen LogP contribution < -0.4 is 4.57 Å². The highest BCUT2D eigenvalue weighted by molar-refractivity contribution is 5.33. The van der Waals surface area contributed by atoms with E-state index in [-0.39, 0.29) is 6.04 Å². The third-order valence-electron chi connectivity index (χ3n) is 5.83. The Labute approximate surface area is 163 Å². The Morgan fingerprint density at radius 1 is 0.889 bits per heavy atom. The predicted molar refractivity (Wildman–Crippen MR) is 111 cm³/mol. The van der Waals surface area contributed by atoms with E-state index in [4.69, 9.17) is 0 Å². The minimum absolute atomic E-state index is 0.192. The molecule has 138 valence electrons. The number of aryl methyl sites for hydroxylation is 2.